The van der Waals surface area contributed by atoms with Crippen LogP contribution in [-0.4, -0.2) is 32.3 Å². The van der Waals surface area contributed by atoms with E-state index in [1.807, 2.05) is 67.6 Å². The molecular formula is C31H33N3O4. The van der Waals surface area contributed by atoms with E-state index in [9.17, 15) is 9.90 Å². The molecule has 0 aliphatic heterocycles. The number of aromatic hydroxyl groups is 1. The summed E-state index contributed by atoms with van der Waals surface area (Å²) >= 11 is 0. The van der Waals surface area contributed by atoms with Crippen LogP contribution >= 0.6 is 0 Å². The first-order valence-electron chi connectivity index (χ1n) is 13.1. The van der Waals surface area contributed by atoms with Crippen LogP contribution in [0.25, 0.3) is 34.2 Å². The monoisotopic (exact) mass is 511 g/mol. The molecule has 2 atom stereocenters. The number of aromatic nitrogens is 3. The third kappa shape index (κ3) is 6.73. The molecule has 1 aromatic heterocycles. The van der Waals surface area contributed by atoms with Gasteiger partial charge in [-0.15, -0.1) is 0 Å². The highest BCUT2D eigenvalue weighted by Gasteiger charge is 2.21. The van der Waals surface area contributed by atoms with Crippen LogP contribution in [0.15, 0.2) is 78.9 Å². The molecular weight excluding hydrogens is 478 g/mol. The second-order valence-electron chi connectivity index (χ2n) is 9.09. The number of hydrogen-bond donors (Lipinski definition) is 1. The van der Waals surface area contributed by atoms with Crippen molar-refractivity contribution in [3.63, 3.8) is 0 Å². The van der Waals surface area contributed by atoms with Gasteiger partial charge in [-0.1, -0.05) is 87.4 Å². The third-order valence-corrected chi connectivity index (χ3v) is 6.23. The fraction of sp³-hybridized carbons (Fsp3) is 0.290. The van der Waals surface area contributed by atoms with Crippen LogP contribution in [0.4, 0.5) is 0 Å². The summed E-state index contributed by atoms with van der Waals surface area (Å²) < 4.78 is 11.3. The summed E-state index contributed by atoms with van der Waals surface area (Å²) in [6.45, 7) is 5.75. The second kappa shape index (κ2) is 12.8. The number of rotatable bonds is 11. The molecule has 2 unspecified atom stereocenters. The zero-order chi connectivity index (χ0) is 26.9. The summed E-state index contributed by atoms with van der Waals surface area (Å²) in [6, 6.07) is 24.1. The van der Waals surface area contributed by atoms with Crippen molar-refractivity contribution in [2.45, 2.75) is 52.7 Å². The fourth-order valence-corrected chi connectivity index (χ4v) is 4.12. The molecule has 1 N–H and O–H groups in total. The topological polar surface area (TPSA) is 94.4 Å². The van der Waals surface area contributed by atoms with E-state index in [2.05, 4.69) is 21.9 Å². The summed E-state index contributed by atoms with van der Waals surface area (Å²) in [6.07, 6.45) is 2.74. The molecule has 7 nitrogen and oxygen atoms in total. The first kappa shape index (κ1) is 26.8. The number of carbonyl (C=O) groups excluding carboxylic acids is 1. The largest absolute Gasteiger partial charge is 0.507 e. The molecule has 0 bridgehead atoms. The minimum atomic E-state index is -0.796. The highest BCUT2D eigenvalue weighted by molar-refractivity contribution is 5.72. The van der Waals surface area contributed by atoms with Crippen LogP contribution in [0, 0.1) is 5.92 Å². The summed E-state index contributed by atoms with van der Waals surface area (Å²) in [5, 5.41) is 10.9. The maximum atomic E-state index is 12.5. The van der Waals surface area contributed by atoms with E-state index in [4.69, 9.17) is 9.47 Å². The number of unbranched alkanes of at least 4 members (excludes halogenated alkanes) is 1. The van der Waals surface area contributed by atoms with Gasteiger partial charge in [-0.3, -0.25) is 4.79 Å². The lowest BCUT2D eigenvalue weighted by molar-refractivity contribution is -0.166. The second-order valence-corrected chi connectivity index (χ2v) is 9.09. The average molecular weight is 512 g/mol. The van der Waals surface area contributed by atoms with Crippen molar-refractivity contribution < 1.29 is 19.4 Å². The van der Waals surface area contributed by atoms with Gasteiger partial charge in [-0.05, 0) is 25.0 Å². The molecule has 0 spiro atoms. The lowest BCUT2D eigenvalue weighted by Gasteiger charge is -2.19. The number of phenolic OH excluding ortho intramolecular Hbond substituents is 1. The molecule has 0 saturated heterocycles. The van der Waals surface area contributed by atoms with Crippen molar-refractivity contribution in [1.82, 2.24) is 15.0 Å². The Hall–Kier alpha value is -4.26. The van der Waals surface area contributed by atoms with Crippen LogP contribution in [0.2, 0.25) is 0 Å². The van der Waals surface area contributed by atoms with Crippen molar-refractivity contribution >= 4 is 5.97 Å². The number of ether oxygens (including phenoxy) is 2. The van der Waals surface area contributed by atoms with Gasteiger partial charge in [-0.2, -0.15) is 0 Å². The van der Waals surface area contributed by atoms with E-state index in [1.165, 1.54) is 6.07 Å². The Morgan fingerprint density at radius 1 is 0.842 bits per heavy atom. The van der Waals surface area contributed by atoms with Crippen molar-refractivity contribution in [2.24, 2.45) is 5.92 Å². The Labute approximate surface area is 223 Å². The van der Waals surface area contributed by atoms with Crippen LogP contribution in [0.5, 0.6) is 11.5 Å². The van der Waals surface area contributed by atoms with Gasteiger partial charge in [0.2, 0.25) is 6.29 Å². The van der Waals surface area contributed by atoms with Crippen LogP contribution in [0.1, 0.15) is 46.5 Å². The zero-order valence-electron chi connectivity index (χ0n) is 22.0. The molecule has 7 heteroatoms. The summed E-state index contributed by atoms with van der Waals surface area (Å²) in [4.78, 5) is 26.5. The van der Waals surface area contributed by atoms with Crippen molar-refractivity contribution in [3.8, 4) is 45.7 Å². The summed E-state index contributed by atoms with van der Waals surface area (Å²) in [7, 11) is 0. The van der Waals surface area contributed by atoms with Gasteiger partial charge in [0.1, 0.15) is 11.5 Å². The minimum absolute atomic E-state index is 0.0559. The van der Waals surface area contributed by atoms with Crippen LogP contribution < -0.4 is 4.74 Å². The molecule has 1 heterocycles. The Morgan fingerprint density at radius 3 is 1.95 bits per heavy atom. The lowest BCUT2D eigenvalue weighted by Crippen LogP contribution is -2.26. The van der Waals surface area contributed by atoms with Gasteiger partial charge in [-0.25, -0.2) is 15.0 Å². The quantitative estimate of drug-likeness (QED) is 0.170. The van der Waals surface area contributed by atoms with Crippen molar-refractivity contribution in [2.75, 3.05) is 0 Å². The molecule has 3 aromatic carbocycles. The fourth-order valence-electron chi connectivity index (χ4n) is 4.12. The number of esters is 1. The first-order chi connectivity index (χ1) is 18.5. The van der Waals surface area contributed by atoms with E-state index in [0.717, 1.165) is 36.8 Å². The smallest absolute Gasteiger partial charge is 0.311 e. The molecule has 4 rings (SSSR count). The number of nitrogens with zero attached hydrogens (tertiary/aromatic N) is 3. The van der Waals surface area contributed by atoms with Gasteiger partial charge in [0.05, 0.1) is 11.5 Å². The average Bonchev–Trinajstić information content (AvgIpc) is 2.94. The normalized spacial score (nSPS) is 12.5. The first-order valence-corrected chi connectivity index (χ1v) is 13.1. The molecule has 0 radical (unpaired) electrons. The van der Waals surface area contributed by atoms with Crippen LogP contribution in [-0.2, 0) is 9.53 Å². The molecule has 0 aliphatic rings. The molecule has 0 fully saturated rings. The van der Waals surface area contributed by atoms with E-state index in [1.54, 1.807) is 19.1 Å². The Bertz CT molecular complexity index is 1290. The van der Waals surface area contributed by atoms with E-state index >= 15 is 0 Å². The number of hydrogen-bond acceptors (Lipinski definition) is 7. The van der Waals surface area contributed by atoms with Gasteiger partial charge < -0.3 is 14.6 Å². The lowest BCUT2D eigenvalue weighted by atomic mass is 10.00. The molecule has 0 aliphatic carbocycles. The summed E-state index contributed by atoms with van der Waals surface area (Å²) in [5.74, 6) is 1.25. The van der Waals surface area contributed by atoms with E-state index in [-0.39, 0.29) is 17.6 Å². The standard InChI is InChI=1S/C31H33N3O4/c1-4-6-13-22(5-2)31(36)38-21(3)37-25-18-19-26(27(35)20-25)30-33-28(23-14-9-7-10-15-23)32-29(34-30)24-16-11-8-12-17-24/h7-12,14-22,35H,4-6,13H2,1-3H3. The molecule has 0 amide bonds. The predicted molar refractivity (Wildman–Crippen MR) is 147 cm³/mol. The molecule has 0 saturated carbocycles. The molecule has 38 heavy (non-hydrogen) atoms. The Kier molecular flexibility index (Phi) is 9.03. The van der Waals surface area contributed by atoms with E-state index in [0.29, 0.717) is 28.8 Å². The molecule has 196 valence electrons. The van der Waals surface area contributed by atoms with Gasteiger partial charge in [0.15, 0.2) is 17.5 Å². The zero-order valence-corrected chi connectivity index (χ0v) is 22.0. The summed E-state index contributed by atoms with van der Waals surface area (Å²) in [5.41, 5.74) is 2.12. The minimum Gasteiger partial charge on any atom is -0.507 e. The van der Waals surface area contributed by atoms with Gasteiger partial charge in [0.25, 0.3) is 0 Å². The Balaban J connectivity index is 1.58. The number of benzene rings is 3. The maximum absolute atomic E-state index is 12.5. The van der Waals surface area contributed by atoms with Crippen molar-refractivity contribution in [3.05, 3.63) is 78.9 Å². The van der Waals surface area contributed by atoms with E-state index < -0.39 is 6.29 Å². The number of phenols is 1. The Morgan fingerprint density at radius 2 is 1.42 bits per heavy atom. The van der Waals surface area contributed by atoms with Gasteiger partial charge in [0, 0.05) is 24.1 Å². The predicted octanol–water partition coefficient (Wildman–Crippen LogP) is 7.06. The SMILES string of the molecule is CCCCC(CC)C(=O)OC(C)Oc1ccc(-c2nc(-c3ccccc3)nc(-c3ccccc3)n2)c(O)c1. The van der Waals surface area contributed by atoms with Gasteiger partial charge >= 0.3 is 5.97 Å². The third-order valence-electron chi connectivity index (χ3n) is 6.23. The van der Waals surface area contributed by atoms with Crippen molar-refractivity contribution in [1.29, 1.82) is 0 Å². The number of carbonyl (C=O) groups is 1. The highest BCUT2D eigenvalue weighted by atomic mass is 16.7. The molecule has 4 aromatic rings. The maximum Gasteiger partial charge on any atom is 0.311 e. The van der Waals surface area contributed by atoms with Crippen LogP contribution in [0.3, 0.4) is 0 Å². The highest BCUT2D eigenvalue weighted by Crippen LogP contribution is 2.33.